The van der Waals surface area contributed by atoms with Gasteiger partial charge in [0.15, 0.2) is 0 Å². The summed E-state index contributed by atoms with van der Waals surface area (Å²) >= 11 is 0. The van der Waals surface area contributed by atoms with Gasteiger partial charge in [-0.05, 0) is 32.1 Å². The fraction of sp³-hybridized carbons (Fsp3) is 0.926. The first-order valence-corrected chi connectivity index (χ1v) is 15.3. The van der Waals surface area contributed by atoms with Crippen molar-refractivity contribution in [1.29, 1.82) is 0 Å². The van der Waals surface area contributed by atoms with Crippen LogP contribution < -0.4 is 0 Å². The smallest absolute Gasteiger partial charge is 0.329 e. The van der Waals surface area contributed by atoms with Gasteiger partial charge in [0, 0.05) is 0 Å². The van der Waals surface area contributed by atoms with Gasteiger partial charge in [-0.25, -0.2) is 4.57 Å². The van der Waals surface area contributed by atoms with E-state index >= 15 is 0 Å². The number of rotatable bonds is 25. The van der Waals surface area contributed by atoms with Crippen molar-refractivity contribution in [3.63, 3.8) is 0 Å². The van der Waals surface area contributed by atoms with E-state index in [2.05, 4.69) is 19.1 Å². The Kier molecular flexibility index (Phi) is 22.2. The number of likely N-dealkylation sites (N-methyl/N-ethyl adjacent to an activating group) is 1. The Labute approximate surface area is 206 Å². The topological polar surface area (TPSA) is 55.8 Å². The van der Waals surface area contributed by atoms with E-state index in [0.29, 0.717) is 17.6 Å². The van der Waals surface area contributed by atoms with Crippen molar-refractivity contribution < 1.29 is 23.0 Å². The Morgan fingerprint density at radius 3 is 1.48 bits per heavy atom. The monoisotopic (exact) mass is 490 g/mol. The average Bonchev–Trinajstić information content (AvgIpc) is 2.73. The van der Waals surface area contributed by atoms with Crippen LogP contribution in [0.25, 0.3) is 0 Å². The summed E-state index contributed by atoms with van der Waals surface area (Å²) in [6.07, 6.45) is 27.9. The van der Waals surface area contributed by atoms with E-state index < -0.39 is 7.82 Å². The van der Waals surface area contributed by atoms with Crippen LogP contribution in [0.1, 0.15) is 122 Å². The number of phosphoric ester groups is 1. The summed E-state index contributed by atoms with van der Waals surface area (Å²) in [7, 11) is 2.16. The predicted molar refractivity (Wildman–Crippen MR) is 143 cm³/mol. The van der Waals surface area contributed by atoms with E-state index in [0.717, 1.165) is 12.8 Å². The minimum Gasteiger partial charge on any atom is -0.329 e. The van der Waals surface area contributed by atoms with Crippen molar-refractivity contribution in [3.8, 4) is 0 Å². The van der Waals surface area contributed by atoms with Gasteiger partial charge >= 0.3 is 7.82 Å². The molecular weight excluding hydrogens is 433 g/mol. The molecule has 33 heavy (non-hydrogen) atoms. The number of hydrogen-bond donors (Lipinski definition) is 1. The highest BCUT2D eigenvalue weighted by molar-refractivity contribution is 7.47. The molecule has 0 heterocycles. The molecule has 0 amide bonds. The highest BCUT2D eigenvalue weighted by atomic mass is 31.2. The molecule has 198 valence electrons. The van der Waals surface area contributed by atoms with E-state index in [-0.39, 0.29) is 6.61 Å². The van der Waals surface area contributed by atoms with Crippen molar-refractivity contribution in [2.24, 2.45) is 0 Å². The Bertz CT molecular complexity index is 491. The van der Waals surface area contributed by atoms with Gasteiger partial charge in [-0.15, -0.1) is 0 Å². The number of hydrogen-bond acceptors (Lipinski definition) is 3. The van der Waals surface area contributed by atoms with Crippen molar-refractivity contribution in [3.05, 3.63) is 12.2 Å². The van der Waals surface area contributed by atoms with E-state index in [1.54, 1.807) is 0 Å². The van der Waals surface area contributed by atoms with Crippen molar-refractivity contribution in [1.82, 2.24) is 0 Å². The lowest BCUT2D eigenvalue weighted by Gasteiger charge is -2.24. The third-order valence-corrected chi connectivity index (χ3v) is 6.94. The van der Waals surface area contributed by atoms with Gasteiger partial charge in [0.2, 0.25) is 0 Å². The maximum atomic E-state index is 11.8. The summed E-state index contributed by atoms with van der Waals surface area (Å²) < 4.78 is 22.6. The Morgan fingerprint density at radius 1 is 0.636 bits per heavy atom. The van der Waals surface area contributed by atoms with Crippen molar-refractivity contribution in [2.45, 2.75) is 122 Å². The first-order chi connectivity index (χ1) is 15.8. The number of nitrogens with zero attached hydrogens (tertiary/aromatic N) is 1. The van der Waals surface area contributed by atoms with Gasteiger partial charge in [-0.1, -0.05) is 103 Å². The molecule has 0 aromatic heterocycles. The van der Waals surface area contributed by atoms with E-state index in [9.17, 15) is 9.46 Å². The highest BCUT2D eigenvalue weighted by Gasteiger charge is 2.21. The number of phosphoric acid groups is 1. The minimum atomic E-state index is -3.89. The lowest BCUT2D eigenvalue weighted by Crippen LogP contribution is -2.37. The minimum absolute atomic E-state index is 0.229. The van der Waals surface area contributed by atoms with Crippen LogP contribution in [0.4, 0.5) is 0 Å². The zero-order valence-electron chi connectivity index (χ0n) is 22.6. The van der Waals surface area contributed by atoms with Crippen molar-refractivity contribution in [2.75, 3.05) is 40.9 Å². The summed E-state index contributed by atoms with van der Waals surface area (Å²) in [5.41, 5.74) is 0. The van der Waals surface area contributed by atoms with Crippen molar-refractivity contribution >= 4 is 7.82 Å². The van der Waals surface area contributed by atoms with Crippen LogP contribution in [0.5, 0.6) is 0 Å². The molecule has 0 radical (unpaired) electrons. The maximum Gasteiger partial charge on any atom is 0.472 e. The molecule has 5 nitrogen and oxygen atoms in total. The molecule has 0 aliphatic carbocycles. The van der Waals surface area contributed by atoms with Crippen LogP contribution in [-0.4, -0.2) is 50.3 Å². The largest absolute Gasteiger partial charge is 0.472 e. The molecule has 0 aliphatic heterocycles. The second kappa shape index (κ2) is 22.3. The lowest BCUT2D eigenvalue weighted by molar-refractivity contribution is -0.870. The molecule has 0 aliphatic rings. The molecule has 0 aromatic rings. The number of unbranched alkanes of at least 4 members (excludes halogenated alkanes) is 16. The second-order valence-corrected chi connectivity index (χ2v) is 12.0. The third kappa shape index (κ3) is 27.9. The molecule has 0 fully saturated rings. The quantitative estimate of drug-likeness (QED) is 0.0604. The van der Waals surface area contributed by atoms with Crippen LogP contribution in [-0.2, 0) is 13.6 Å². The van der Waals surface area contributed by atoms with Crippen LogP contribution in [0.3, 0.4) is 0 Å². The molecule has 0 bridgehead atoms. The van der Waals surface area contributed by atoms with E-state index in [1.807, 2.05) is 21.1 Å². The molecule has 0 rings (SSSR count). The molecule has 0 saturated heterocycles. The fourth-order valence-corrected chi connectivity index (χ4v) is 4.45. The summed E-state index contributed by atoms with van der Waals surface area (Å²) in [5.74, 6) is 0. The molecular formula is C27H57NO4P+. The van der Waals surface area contributed by atoms with Crippen LogP contribution in [0.2, 0.25) is 0 Å². The summed E-state index contributed by atoms with van der Waals surface area (Å²) in [5, 5.41) is 0. The molecule has 0 spiro atoms. The standard InChI is InChI=1S/C27H56NO4P/c1-5-6-7-8-9-10-11-12-13-14-15-16-17-18-19-20-21-22-23-24-26-31-33(29,30)32-27-25-28(2,3)4/h12-13H,5-11,14-27H2,1-4H3/p+1. The zero-order valence-corrected chi connectivity index (χ0v) is 23.5. The highest BCUT2D eigenvalue weighted by Crippen LogP contribution is 2.43. The molecule has 6 heteroatoms. The fourth-order valence-electron chi connectivity index (χ4n) is 3.70. The first kappa shape index (κ1) is 32.8. The van der Waals surface area contributed by atoms with Gasteiger partial charge in [-0.3, -0.25) is 9.05 Å². The van der Waals surface area contributed by atoms with Gasteiger partial charge < -0.3 is 9.38 Å². The molecule has 1 unspecified atom stereocenters. The van der Waals surface area contributed by atoms with E-state index in [4.69, 9.17) is 9.05 Å². The zero-order chi connectivity index (χ0) is 24.7. The van der Waals surface area contributed by atoms with Gasteiger partial charge in [0.1, 0.15) is 13.2 Å². The number of allylic oxidation sites excluding steroid dienone is 2. The van der Waals surface area contributed by atoms with Gasteiger partial charge in [0.25, 0.3) is 0 Å². The van der Waals surface area contributed by atoms with Gasteiger partial charge in [0.05, 0.1) is 27.7 Å². The average molecular weight is 491 g/mol. The van der Waals surface area contributed by atoms with Gasteiger partial charge in [-0.2, -0.15) is 0 Å². The van der Waals surface area contributed by atoms with Crippen LogP contribution in [0, 0.1) is 0 Å². The summed E-state index contributed by atoms with van der Waals surface area (Å²) in [6.45, 7) is 3.47. The normalized spacial score (nSPS) is 14.2. The Hall–Kier alpha value is -0.190. The molecule has 1 atom stereocenters. The van der Waals surface area contributed by atoms with Crippen LogP contribution in [0.15, 0.2) is 12.2 Å². The number of quaternary nitrogens is 1. The Balaban J connectivity index is 3.29. The summed E-state index contributed by atoms with van der Waals surface area (Å²) in [4.78, 5) is 9.67. The maximum absolute atomic E-state index is 11.8. The van der Waals surface area contributed by atoms with E-state index in [1.165, 1.54) is 103 Å². The Morgan fingerprint density at radius 2 is 1.03 bits per heavy atom. The third-order valence-electron chi connectivity index (χ3n) is 5.93. The first-order valence-electron chi connectivity index (χ1n) is 13.8. The molecule has 0 aromatic carbocycles. The molecule has 1 N–H and O–H groups in total. The second-order valence-electron chi connectivity index (χ2n) is 10.5. The molecule has 0 saturated carbocycles. The lowest BCUT2D eigenvalue weighted by atomic mass is 10.1. The van der Waals surface area contributed by atoms with Crippen LogP contribution >= 0.6 is 7.82 Å². The predicted octanol–water partition coefficient (Wildman–Crippen LogP) is 8.42. The SMILES string of the molecule is CCCCCCCCC=CCCCCCCCCCCCCOP(=O)(O)OCC[N+](C)(C)C. The summed E-state index contributed by atoms with van der Waals surface area (Å²) in [6, 6.07) is 0.